The van der Waals surface area contributed by atoms with Crippen LogP contribution in [0, 0.1) is 6.92 Å². The summed E-state index contributed by atoms with van der Waals surface area (Å²) in [5, 5.41) is 7.93. The Bertz CT molecular complexity index is 3410. The van der Waals surface area contributed by atoms with Gasteiger partial charge in [-0.15, -0.1) is 11.3 Å². The number of benzene rings is 8. The fourth-order valence-electron chi connectivity index (χ4n) is 10.8. The SMILES string of the molecule is Cc1cc(-c2cc(N(c3ccccc3)c3ccccc3)ccc2Nc2ccc3c(c2)C(C)(C)CCC3(C)C)c2c3c1c1ccccc1n3-c1c(sc3ccc(-c4ccccc4)cc13)[B]2. The molecule has 0 fully saturated rings. The van der Waals surface area contributed by atoms with Gasteiger partial charge < -0.3 is 14.8 Å². The Morgan fingerprint density at radius 1 is 0.578 bits per heavy atom. The summed E-state index contributed by atoms with van der Waals surface area (Å²) in [4.78, 5) is 2.38. The Morgan fingerprint density at radius 2 is 1.25 bits per heavy atom. The van der Waals surface area contributed by atoms with Gasteiger partial charge in [-0.2, -0.15) is 0 Å². The van der Waals surface area contributed by atoms with Crippen molar-refractivity contribution in [3.05, 3.63) is 193 Å². The van der Waals surface area contributed by atoms with E-state index in [1.807, 2.05) is 11.3 Å². The van der Waals surface area contributed by atoms with Crippen molar-refractivity contribution in [1.82, 2.24) is 4.57 Å². The van der Waals surface area contributed by atoms with Gasteiger partial charge in [0.2, 0.25) is 7.28 Å². The van der Waals surface area contributed by atoms with Crippen LogP contribution in [0.1, 0.15) is 57.2 Å². The number of nitrogens with zero attached hydrogens (tertiary/aromatic N) is 2. The number of rotatable bonds is 7. The van der Waals surface area contributed by atoms with Crippen molar-refractivity contribution in [1.29, 1.82) is 0 Å². The van der Waals surface area contributed by atoms with Crippen LogP contribution >= 0.6 is 11.3 Å². The van der Waals surface area contributed by atoms with Crippen molar-refractivity contribution in [2.24, 2.45) is 0 Å². The first-order valence-electron chi connectivity index (χ1n) is 22.6. The quantitative estimate of drug-likeness (QED) is 0.161. The maximum atomic E-state index is 4.04. The molecule has 3 nitrogen and oxygen atoms in total. The normalized spacial score (nSPS) is 14.6. The molecule has 3 heterocycles. The second kappa shape index (κ2) is 14.6. The second-order valence-corrected chi connectivity index (χ2v) is 20.2. The van der Waals surface area contributed by atoms with Crippen LogP contribution in [0.25, 0.3) is 59.8 Å². The minimum atomic E-state index is 0.0968. The summed E-state index contributed by atoms with van der Waals surface area (Å²) >= 11 is 1.89. The number of nitrogens with one attached hydrogen (secondary N) is 1. The largest absolute Gasteiger partial charge is 0.355 e. The smallest absolute Gasteiger partial charge is 0.211 e. The number of hydrogen-bond donors (Lipinski definition) is 1. The summed E-state index contributed by atoms with van der Waals surface area (Å²) < 4.78 is 5.16. The summed E-state index contributed by atoms with van der Waals surface area (Å²) in [5.41, 5.74) is 19.8. The van der Waals surface area contributed by atoms with E-state index in [1.165, 1.54) is 94.0 Å². The van der Waals surface area contributed by atoms with Crippen molar-refractivity contribution in [2.75, 3.05) is 10.2 Å². The number of aromatic nitrogens is 1. The molecule has 0 saturated carbocycles. The molecule has 0 spiro atoms. The van der Waals surface area contributed by atoms with Crippen LogP contribution < -0.4 is 20.5 Å². The topological polar surface area (TPSA) is 20.2 Å². The minimum absolute atomic E-state index is 0.0968. The van der Waals surface area contributed by atoms with Crippen LogP contribution in [0.2, 0.25) is 0 Å². The molecule has 1 N–H and O–H groups in total. The lowest BCUT2D eigenvalue weighted by Crippen LogP contribution is -2.35. The predicted molar refractivity (Wildman–Crippen MR) is 276 cm³/mol. The average molecular weight is 843 g/mol. The summed E-state index contributed by atoms with van der Waals surface area (Å²) in [6, 6.07) is 64.9. The van der Waals surface area contributed by atoms with Crippen LogP contribution in [0.15, 0.2) is 176 Å². The lowest BCUT2D eigenvalue weighted by Gasteiger charge is -2.42. The highest BCUT2D eigenvalue weighted by Gasteiger charge is 2.37. The van der Waals surface area contributed by atoms with Gasteiger partial charge in [-0.25, -0.2) is 0 Å². The van der Waals surface area contributed by atoms with Crippen molar-refractivity contribution in [3.8, 4) is 27.9 Å². The van der Waals surface area contributed by atoms with Crippen molar-refractivity contribution >= 4 is 89.2 Å². The van der Waals surface area contributed by atoms with E-state index < -0.39 is 0 Å². The Hall–Kier alpha value is -6.82. The number of thiophene rings is 1. The van der Waals surface area contributed by atoms with E-state index in [0.29, 0.717) is 0 Å². The van der Waals surface area contributed by atoms with Crippen LogP contribution in [0.3, 0.4) is 0 Å². The fraction of sp³-hybridized carbons (Fsp3) is 0.153. The molecule has 1 aliphatic carbocycles. The van der Waals surface area contributed by atoms with E-state index in [-0.39, 0.29) is 10.8 Å². The van der Waals surface area contributed by atoms with Crippen LogP contribution in [0.5, 0.6) is 0 Å². The average Bonchev–Trinajstić information content (AvgIpc) is 3.87. The number of aryl methyl sites for hydroxylation is 1. The molecule has 0 atom stereocenters. The third-order valence-corrected chi connectivity index (χ3v) is 15.3. The molecule has 5 heteroatoms. The van der Waals surface area contributed by atoms with E-state index in [0.717, 1.165) is 34.0 Å². The molecule has 0 unspecified atom stereocenters. The third-order valence-electron chi connectivity index (χ3n) is 14.2. The van der Waals surface area contributed by atoms with Crippen LogP contribution in [-0.2, 0) is 10.8 Å². The van der Waals surface area contributed by atoms with Gasteiger partial charge in [-0.1, -0.05) is 131 Å². The number of fused-ring (bicyclic) bond motifs is 8. The molecule has 1 radical (unpaired) electrons. The van der Waals surface area contributed by atoms with Gasteiger partial charge in [0.25, 0.3) is 0 Å². The molecule has 0 saturated heterocycles. The van der Waals surface area contributed by atoms with Gasteiger partial charge >= 0.3 is 0 Å². The predicted octanol–water partition coefficient (Wildman–Crippen LogP) is 15.2. The van der Waals surface area contributed by atoms with Gasteiger partial charge in [0.15, 0.2) is 0 Å². The van der Waals surface area contributed by atoms with E-state index >= 15 is 0 Å². The monoisotopic (exact) mass is 842 g/mol. The molecular formula is C59H49BN3S. The molecule has 64 heavy (non-hydrogen) atoms. The standard InChI is InChI=1S/C59H49BN3S/c1-37-33-46(54-56-53(37)44-23-15-16-24-51(44)63(56)55-47-34-39(38-17-9-6-10-18-38)25-30-52(47)64-57(55)60-54)45-36-43(62(41-19-11-7-12-20-41)42-21-13-8-14-22-42)27-29-50(45)61-40-26-28-48-49(35-40)59(4,5)32-31-58(48,2)3/h6-30,33-36,61H,31-32H2,1-5H3. The first kappa shape index (κ1) is 38.8. The van der Waals surface area contributed by atoms with Crippen LogP contribution in [-0.4, -0.2) is 11.8 Å². The lowest BCUT2D eigenvalue weighted by molar-refractivity contribution is 0.332. The van der Waals surface area contributed by atoms with E-state index in [9.17, 15) is 0 Å². The fourth-order valence-corrected chi connectivity index (χ4v) is 11.9. The Labute approximate surface area is 380 Å². The highest BCUT2D eigenvalue weighted by Crippen LogP contribution is 2.48. The Morgan fingerprint density at radius 3 is 1.98 bits per heavy atom. The molecule has 0 amide bonds. The molecule has 0 bridgehead atoms. The zero-order chi connectivity index (χ0) is 43.3. The number of hydrogen-bond acceptors (Lipinski definition) is 3. The summed E-state index contributed by atoms with van der Waals surface area (Å²) in [6.45, 7) is 11.9. The van der Waals surface area contributed by atoms with Gasteiger partial charge in [-0.05, 0) is 147 Å². The molecule has 10 aromatic rings. The second-order valence-electron chi connectivity index (χ2n) is 19.2. The van der Waals surface area contributed by atoms with E-state index in [4.69, 9.17) is 0 Å². The number of para-hydroxylation sites is 3. The van der Waals surface area contributed by atoms with Crippen LogP contribution in [0.4, 0.5) is 28.4 Å². The van der Waals surface area contributed by atoms with E-state index in [2.05, 4.69) is 233 Å². The Kier molecular flexibility index (Phi) is 8.87. The molecule has 2 aromatic heterocycles. The molecule has 12 rings (SSSR count). The molecule has 309 valence electrons. The van der Waals surface area contributed by atoms with Crippen molar-refractivity contribution in [2.45, 2.75) is 58.3 Å². The highest BCUT2D eigenvalue weighted by molar-refractivity contribution is 7.29. The van der Waals surface area contributed by atoms with Gasteiger partial charge in [0.1, 0.15) is 0 Å². The summed E-state index contributed by atoms with van der Waals surface area (Å²) in [7, 11) is 2.49. The third kappa shape index (κ3) is 6.16. The van der Waals surface area contributed by atoms with Gasteiger partial charge in [-0.3, -0.25) is 0 Å². The minimum Gasteiger partial charge on any atom is -0.355 e. The highest BCUT2D eigenvalue weighted by atomic mass is 32.1. The van der Waals surface area contributed by atoms with Crippen molar-refractivity contribution in [3.63, 3.8) is 0 Å². The van der Waals surface area contributed by atoms with E-state index in [1.54, 1.807) is 0 Å². The van der Waals surface area contributed by atoms with Gasteiger partial charge in [0, 0.05) is 60.4 Å². The maximum Gasteiger partial charge on any atom is 0.211 e. The Balaban J connectivity index is 1.11. The zero-order valence-corrected chi connectivity index (χ0v) is 37.9. The molecule has 1 aliphatic heterocycles. The van der Waals surface area contributed by atoms with Crippen molar-refractivity contribution < 1.29 is 0 Å². The molecule has 8 aromatic carbocycles. The number of anilines is 5. The first-order valence-corrected chi connectivity index (χ1v) is 23.5. The maximum absolute atomic E-state index is 4.04. The molecule has 2 aliphatic rings. The lowest BCUT2D eigenvalue weighted by atomic mass is 9.62. The zero-order valence-electron chi connectivity index (χ0n) is 37.0. The summed E-state index contributed by atoms with van der Waals surface area (Å²) in [5.74, 6) is 0. The van der Waals surface area contributed by atoms with Gasteiger partial charge in [0.05, 0.1) is 11.2 Å². The summed E-state index contributed by atoms with van der Waals surface area (Å²) in [6.07, 6.45) is 2.36. The first-order chi connectivity index (χ1) is 31.1. The molecular weight excluding hydrogens is 794 g/mol.